The van der Waals surface area contributed by atoms with Crippen molar-refractivity contribution in [3.63, 3.8) is 0 Å². The Morgan fingerprint density at radius 2 is 0.558 bits per heavy atom. The quantitative estimate of drug-likeness (QED) is 0.176. The molecule has 0 atom stereocenters. The molecule has 8 heteroatoms. The fourth-order valence-corrected chi connectivity index (χ4v) is 11.5. The molecule has 8 aromatic carbocycles. The molecule has 0 aliphatic carbocycles. The molecule has 0 saturated carbocycles. The van der Waals surface area contributed by atoms with Gasteiger partial charge in [0.25, 0.3) is 0 Å². The van der Waals surface area contributed by atoms with Crippen molar-refractivity contribution in [2.75, 3.05) is 0 Å². The first-order valence-corrected chi connectivity index (χ1v) is 20.2. The Morgan fingerprint density at radius 1 is 0.308 bits per heavy atom. The third-order valence-corrected chi connectivity index (χ3v) is 13.6. The van der Waals surface area contributed by atoms with Crippen LogP contribution in [0, 0.1) is 10.2 Å². The summed E-state index contributed by atoms with van der Waals surface area (Å²) in [4.78, 5) is 0. The van der Waals surface area contributed by atoms with Crippen LogP contribution in [0.5, 0.6) is 0 Å². The monoisotopic (exact) mass is 828 g/mol. The molecule has 0 unspecified atom stereocenters. The van der Waals surface area contributed by atoms with Gasteiger partial charge in [-0.05, 0) is 80.3 Å². The Morgan fingerprint density at radius 3 is 0.846 bits per heavy atom. The van der Waals surface area contributed by atoms with Crippen LogP contribution >= 0.6 is 15.8 Å². The van der Waals surface area contributed by atoms with Crippen molar-refractivity contribution in [1.29, 1.82) is 0 Å². The number of benzene rings is 8. The van der Waals surface area contributed by atoms with Crippen LogP contribution in [0.4, 0.5) is 0 Å². The van der Waals surface area contributed by atoms with Gasteiger partial charge in [0.15, 0.2) is 0 Å². The van der Waals surface area contributed by atoms with E-state index in [4.69, 9.17) is 18.6 Å². The predicted octanol–water partition coefficient (Wildman–Crippen LogP) is 4.42. The average Bonchev–Trinajstić information content (AvgIpc) is 3.16. The summed E-state index contributed by atoms with van der Waals surface area (Å²) in [6, 6.07) is 71.8. The largest absolute Gasteiger partial charge is 1.00 e. The molecule has 0 bridgehead atoms. The van der Waals surface area contributed by atoms with Crippen molar-refractivity contribution in [2.45, 2.75) is 0 Å². The van der Waals surface area contributed by atoms with Crippen LogP contribution in [0.1, 0.15) is 0 Å². The summed E-state index contributed by atoms with van der Waals surface area (Å²) < 4.78 is 34.0. The topological polar surface area (TPSA) is 92.2 Å². The van der Waals surface area contributed by atoms with Crippen molar-refractivity contribution in [2.24, 2.45) is 0 Å². The van der Waals surface area contributed by atoms with Gasteiger partial charge in [0, 0.05) is 0 Å². The summed E-state index contributed by atoms with van der Waals surface area (Å²) in [5, 5.41) is 13.3. The van der Waals surface area contributed by atoms with Gasteiger partial charge in [-0.15, -0.1) is 10.2 Å². The van der Waals surface area contributed by atoms with Crippen molar-refractivity contribution >= 4 is 69.2 Å². The zero-order valence-electron chi connectivity index (χ0n) is 27.7. The van der Waals surface area contributed by atoms with Gasteiger partial charge in [0.2, 0.25) is 0 Å². The number of fused-ring (bicyclic) bond motifs is 2. The van der Waals surface area contributed by atoms with Gasteiger partial charge < -0.3 is 0 Å². The molecule has 0 spiro atoms. The SMILES string of the molecule is [Ag+].[O-][Cl+3]([O-])([O-])[O-].c1ccc(P(c2ccccc2)c2ccc3ccccc3c2-c2c(P(c3ccccc3)c3ccccc3)ccc3ccccc23)cc1. The van der Waals surface area contributed by atoms with Gasteiger partial charge in [-0.2, -0.15) is 0 Å². The van der Waals surface area contributed by atoms with E-state index in [1.807, 2.05) is 0 Å². The van der Waals surface area contributed by atoms with E-state index in [0.717, 1.165) is 0 Å². The molecular weight excluding hydrogens is 798 g/mol. The number of hydrogen-bond acceptors (Lipinski definition) is 4. The maximum Gasteiger partial charge on any atom is 1.00 e. The molecule has 0 N–H and O–H groups in total. The number of hydrogen-bond donors (Lipinski definition) is 0. The van der Waals surface area contributed by atoms with Gasteiger partial charge in [-0.25, -0.2) is 18.6 Å². The maximum atomic E-state index is 8.49. The molecule has 0 amide bonds. The fourth-order valence-electron chi connectivity index (χ4n) is 6.58. The second kappa shape index (κ2) is 17.2. The fraction of sp³-hybridized carbons (Fsp3) is 0. The van der Waals surface area contributed by atoms with E-state index < -0.39 is 26.1 Å². The van der Waals surface area contributed by atoms with E-state index in [1.165, 1.54) is 64.5 Å². The van der Waals surface area contributed by atoms with Crippen molar-refractivity contribution < 1.29 is 51.3 Å². The minimum absolute atomic E-state index is 0. The molecule has 0 aliphatic rings. The van der Waals surface area contributed by atoms with Crippen LogP contribution in [0.25, 0.3) is 32.7 Å². The Bertz CT molecular complexity index is 2130. The van der Waals surface area contributed by atoms with Crippen molar-refractivity contribution in [1.82, 2.24) is 0 Å². The van der Waals surface area contributed by atoms with E-state index in [2.05, 4.69) is 194 Å². The van der Waals surface area contributed by atoms with Gasteiger partial charge in [0.05, 0.1) is 0 Å². The Balaban J connectivity index is 0.000000726. The average molecular weight is 830 g/mol. The van der Waals surface area contributed by atoms with Crippen molar-refractivity contribution in [3.8, 4) is 11.1 Å². The molecule has 0 saturated heterocycles. The van der Waals surface area contributed by atoms with Gasteiger partial charge in [0.1, 0.15) is 0 Å². The second-order valence-electron chi connectivity index (χ2n) is 11.8. The Kier molecular flexibility index (Phi) is 12.5. The molecule has 0 aliphatic heterocycles. The summed E-state index contributed by atoms with van der Waals surface area (Å²) in [6.07, 6.45) is 0. The normalized spacial score (nSPS) is 11.3. The molecule has 52 heavy (non-hydrogen) atoms. The molecule has 0 heterocycles. The van der Waals surface area contributed by atoms with Crippen LogP contribution < -0.4 is 50.5 Å². The van der Waals surface area contributed by atoms with E-state index in [1.54, 1.807) is 0 Å². The van der Waals surface area contributed by atoms with E-state index in [9.17, 15) is 0 Å². The maximum absolute atomic E-state index is 8.49. The van der Waals surface area contributed by atoms with Crippen LogP contribution in [0.15, 0.2) is 194 Å². The van der Waals surface area contributed by atoms with Crippen molar-refractivity contribution in [3.05, 3.63) is 194 Å². The van der Waals surface area contributed by atoms with Gasteiger partial charge in [-0.1, -0.05) is 194 Å². The Labute approximate surface area is 323 Å². The third kappa shape index (κ3) is 8.62. The molecule has 4 nitrogen and oxygen atoms in total. The smallest absolute Gasteiger partial charge is 0.222 e. The van der Waals surface area contributed by atoms with E-state index in [-0.39, 0.29) is 22.4 Å². The minimum atomic E-state index is -4.94. The minimum Gasteiger partial charge on any atom is -0.222 e. The van der Waals surface area contributed by atoms with Crippen LogP contribution in [-0.4, -0.2) is 0 Å². The second-order valence-corrected chi connectivity index (χ2v) is 16.9. The summed E-state index contributed by atoms with van der Waals surface area (Å²) in [5.74, 6) is 0. The molecule has 0 aromatic heterocycles. The summed E-state index contributed by atoms with van der Waals surface area (Å²) in [7, 11) is -6.65. The van der Waals surface area contributed by atoms with E-state index >= 15 is 0 Å². The predicted molar refractivity (Wildman–Crippen MR) is 204 cm³/mol. The van der Waals surface area contributed by atoms with Gasteiger partial charge >= 0.3 is 22.4 Å². The number of halogens is 1. The third-order valence-electron chi connectivity index (χ3n) is 8.60. The first-order chi connectivity index (χ1) is 24.9. The zero-order chi connectivity index (χ0) is 35.2. The van der Waals surface area contributed by atoms with Gasteiger partial charge in [-0.3, -0.25) is 0 Å². The first-order valence-electron chi connectivity index (χ1n) is 16.3. The van der Waals surface area contributed by atoms with E-state index in [0.29, 0.717) is 0 Å². The molecule has 260 valence electrons. The Hall–Kier alpha value is -3.99. The van der Waals surface area contributed by atoms with Crippen LogP contribution in [0.2, 0.25) is 0 Å². The van der Waals surface area contributed by atoms with Crippen LogP contribution in [0.3, 0.4) is 0 Å². The molecule has 0 fully saturated rings. The number of rotatable bonds is 7. The summed E-state index contributed by atoms with van der Waals surface area (Å²) >= 11 is 0. The standard InChI is InChI=1S/C44H32P2.Ag.ClHO4/c1-5-19-35(20-6-1)45(36-21-7-2-8-22-36)41-31-29-33-17-13-15-27-39(33)43(41)44-40-28-16-14-18-34(40)30-32-42(44)46(37-23-9-3-10-24-37)38-25-11-4-12-26-38;;2-1(3,4)5/h1-32H;;(H,2,3,4,5)/q;+1;/p-1. The summed E-state index contributed by atoms with van der Waals surface area (Å²) in [5.41, 5.74) is 2.70. The molecule has 8 aromatic rings. The zero-order valence-corrected chi connectivity index (χ0v) is 31.7. The first kappa shape index (κ1) is 37.8. The molecule has 8 rings (SSSR count). The summed E-state index contributed by atoms with van der Waals surface area (Å²) in [6.45, 7) is 0. The van der Waals surface area contributed by atoms with Crippen LogP contribution in [-0.2, 0) is 22.4 Å². The molecular formula is C44H32AgClO4P2. The molecule has 0 radical (unpaired) electrons.